The SMILES string of the molecule is Cl.O=[N+]([O-])c1ccc(SCc2ccccn2)cc1. The van der Waals surface area contributed by atoms with Crippen molar-refractivity contribution in [3.05, 3.63) is 64.5 Å². The van der Waals surface area contributed by atoms with E-state index >= 15 is 0 Å². The van der Waals surface area contributed by atoms with E-state index in [0.29, 0.717) is 0 Å². The van der Waals surface area contributed by atoms with E-state index in [1.807, 2.05) is 18.2 Å². The van der Waals surface area contributed by atoms with Crippen molar-refractivity contribution < 1.29 is 4.92 Å². The Morgan fingerprint density at radius 3 is 2.44 bits per heavy atom. The Bertz CT molecular complexity index is 505. The highest BCUT2D eigenvalue weighted by atomic mass is 35.5. The van der Waals surface area contributed by atoms with Gasteiger partial charge in [0, 0.05) is 29.0 Å². The van der Waals surface area contributed by atoms with Crippen molar-refractivity contribution in [1.82, 2.24) is 4.98 Å². The number of pyridine rings is 1. The molecule has 0 radical (unpaired) electrons. The molecule has 1 heterocycles. The number of hydrogen-bond acceptors (Lipinski definition) is 4. The summed E-state index contributed by atoms with van der Waals surface area (Å²) in [4.78, 5) is 15.3. The van der Waals surface area contributed by atoms with Crippen molar-refractivity contribution >= 4 is 29.9 Å². The van der Waals surface area contributed by atoms with Gasteiger partial charge in [-0.15, -0.1) is 24.2 Å². The third-order valence-electron chi connectivity index (χ3n) is 2.16. The van der Waals surface area contributed by atoms with Crippen molar-refractivity contribution in [2.45, 2.75) is 10.6 Å². The largest absolute Gasteiger partial charge is 0.269 e. The van der Waals surface area contributed by atoms with Crippen LogP contribution in [-0.2, 0) is 5.75 Å². The second-order valence-electron chi connectivity index (χ2n) is 3.36. The first-order valence-electron chi connectivity index (χ1n) is 5.03. The minimum absolute atomic E-state index is 0. The molecule has 4 nitrogen and oxygen atoms in total. The zero-order valence-corrected chi connectivity index (χ0v) is 11.0. The molecule has 0 unspecified atom stereocenters. The van der Waals surface area contributed by atoms with Crippen molar-refractivity contribution in [3.8, 4) is 0 Å². The highest BCUT2D eigenvalue weighted by Gasteiger charge is 2.04. The number of nitro benzene ring substituents is 1. The molecule has 0 aliphatic rings. The van der Waals surface area contributed by atoms with Crippen LogP contribution in [0.2, 0.25) is 0 Å². The van der Waals surface area contributed by atoms with Crippen molar-refractivity contribution in [3.63, 3.8) is 0 Å². The van der Waals surface area contributed by atoms with E-state index in [-0.39, 0.29) is 18.1 Å². The summed E-state index contributed by atoms with van der Waals surface area (Å²) in [6.45, 7) is 0. The third-order valence-corrected chi connectivity index (χ3v) is 3.21. The Balaban J connectivity index is 0.00000162. The van der Waals surface area contributed by atoms with Gasteiger partial charge in [0.05, 0.1) is 10.6 Å². The first-order valence-corrected chi connectivity index (χ1v) is 6.01. The van der Waals surface area contributed by atoms with Crippen LogP contribution in [0.1, 0.15) is 5.69 Å². The zero-order chi connectivity index (χ0) is 12.1. The van der Waals surface area contributed by atoms with Crippen molar-refractivity contribution in [2.24, 2.45) is 0 Å². The second kappa shape index (κ2) is 6.98. The number of thioether (sulfide) groups is 1. The number of halogens is 1. The van der Waals surface area contributed by atoms with Crippen LogP contribution in [0.5, 0.6) is 0 Å². The first-order chi connectivity index (χ1) is 8.25. The summed E-state index contributed by atoms with van der Waals surface area (Å²) in [7, 11) is 0. The van der Waals surface area contributed by atoms with E-state index in [0.717, 1.165) is 16.3 Å². The lowest BCUT2D eigenvalue weighted by Crippen LogP contribution is -1.87. The number of aromatic nitrogens is 1. The smallest absolute Gasteiger partial charge is 0.260 e. The molecule has 0 saturated heterocycles. The Morgan fingerprint density at radius 2 is 1.89 bits per heavy atom. The van der Waals surface area contributed by atoms with E-state index < -0.39 is 4.92 Å². The predicted molar refractivity (Wildman–Crippen MR) is 74.1 cm³/mol. The van der Waals surface area contributed by atoms with Crippen LogP contribution in [0.3, 0.4) is 0 Å². The van der Waals surface area contributed by atoms with E-state index in [2.05, 4.69) is 4.98 Å². The fourth-order valence-corrected chi connectivity index (χ4v) is 2.12. The molecule has 1 aromatic carbocycles. The second-order valence-corrected chi connectivity index (χ2v) is 4.41. The molecule has 2 rings (SSSR count). The molecule has 1 aromatic heterocycles. The van der Waals surface area contributed by atoms with E-state index in [1.165, 1.54) is 12.1 Å². The molecule has 0 saturated carbocycles. The Labute approximate surface area is 115 Å². The summed E-state index contributed by atoms with van der Waals surface area (Å²) >= 11 is 1.61. The van der Waals surface area contributed by atoms with Gasteiger partial charge in [-0.25, -0.2) is 0 Å². The summed E-state index contributed by atoms with van der Waals surface area (Å²) in [5.74, 6) is 0.763. The lowest BCUT2D eigenvalue weighted by atomic mass is 10.3. The van der Waals surface area contributed by atoms with Gasteiger partial charge >= 0.3 is 0 Å². The number of nitrogens with zero attached hydrogens (tertiary/aromatic N) is 2. The molecule has 94 valence electrons. The Kier molecular flexibility index (Phi) is 5.61. The minimum Gasteiger partial charge on any atom is -0.260 e. The van der Waals surface area contributed by atoms with Gasteiger partial charge in [-0.05, 0) is 24.3 Å². The van der Waals surface area contributed by atoms with Gasteiger partial charge in [0.1, 0.15) is 0 Å². The van der Waals surface area contributed by atoms with E-state index in [1.54, 1.807) is 30.1 Å². The predicted octanol–water partition coefficient (Wildman–Crippen LogP) is 3.70. The van der Waals surface area contributed by atoms with Gasteiger partial charge in [-0.2, -0.15) is 0 Å². The lowest BCUT2D eigenvalue weighted by Gasteiger charge is -2.00. The molecule has 0 aliphatic heterocycles. The number of non-ortho nitro benzene ring substituents is 1. The van der Waals surface area contributed by atoms with Crippen LogP contribution in [0.25, 0.3) is 0 Å². The average molecular weight is 283 g/mol. The summed E-state index contributed by atoms with van der Waals surface area (Å²) in [6, 6.07) is 12.3. The summed E-state index contributed by atoms with van der Waals surface area (Å²) in [5.41, 5.74) is 1.11. The summed E-state index contributed by atoms with van der Waals surface area (Å²) < 4.78 is 0. The Hall–Kier alpha value is -1.59. The van der Waals surface area contributed by atoms with Crippen LogP contribution >= 0.6 is 24.2 Å². The zero-order valence-electron chi connectivity index (χ0n) is 9.35. The van der Waals surface area contributed by atoms with Crippen LogP contribution in [0.4, 0.5) is 5.69 Å². The fraction of sp³-hybridized carbons (Fsp3) is 0.0833. The maximum atomic E-state index is 10.5. The highest BCUT2D eigenvalue weighted by molar-refractivity contribution is 7.98. The molecule has 2 aromatic rings. The molecule has 0 spiro atoms. The number of benzene rings is 1. The van der Waals surface area contributed by atoms with Gasteiger partial charge in [-0.3, -0.25) is 15.1 Å². The van der Waals surface area contributed by atoms with Crippen LogP contribution < -0.4 is 0 Å². The van der Waals surface area contributed by atoms with Gasteiger partial charge in [-0.1, -0.05) is 6.07 Å². The summed E-state index contributed by atoms with van der Waals surface area (Å²) in [5, 5.41) is 10.5. The molecule has 18 heavy (non-hydrogen) atoms. The third kappa shape index (κ3) is 4.01. The first kappa shape index (κ1) is 14.5. The Morgan fingerprint density at radius 1 is 1.17 bits per heavy atom. The fourth-order valence-electron chi connectivity index (χ4n) is 1.30. The number of nitro groups is 1. The minimum atomic E-state index is -0.396. The quantitative estimate of drug-likeness (QED) is 0.487. The van der Waals surface area contributed by atoms with Crippen LogP contribution in [0, 0.1) is 10.1 Å². The molecule has 0 fully saturated rings. The normalized spacial score (nSPS) is 9.56. The van der Waals surface area contributed by atoms with Gasteiger partial charge in [0.2, 0.25) is 0 Å². The highest BCUT2D eigenvalue weighted by Crippen LogP contribution is 2.23. The van der Waals surface area contributed by atoms with Gasteiger partial charge in [0.15, 0.2) is 0 Å². The molecule has 6 heteroatoms. The molecule has 0 N–H and O–H groups in total. The van der Waals surface area contributed by atoms with Crippen molar-refractivity contribution in [1.29, 1.82) is 0 Å². The molecule has 0 atom stereocenters. The molecule has 0 bridgehead atoms. The molecule has 0 amide bonds. The van der Waals surface area contributed by atoms with E-state index in [4.69, 9.17) is 0 Å². The molecular formula is C12H11ClN2O2S. The van der Waals surface area contributed by atoms with Crippen LogP contribution in [-0.4, -0.2) is 9.91 Å². The maximum Gasteiger partial charge on any atom is 0.269 e. The van der Waals surface area contributed by atoms with Gasteiger partial charge in [0.25, 0.3) is 5.69 Å². The number of rotatable bonds is 4. The van der Waals surface area contributed by atoms with Gasteiger partial charge < -0.3 is 0 Å². The van der Waals surface area contributed by atoms with Crippen LogP contribution in [0.15, 0.2) is 53.6 Å². The standard InChI is InChI=1S/C12H10N2O2S.ClH/c15-14(16)11-4-6-12(7-5-11)17-9-10-3-1-2-8-13-10;/h1-8H,9H2;1H. The van der Waals surface area contributed by atoms with E-state index in [9.17, 15) is 10.1 Å². The lowest BCUT2D eigenvalue weighted by molar-refractivity contribution is -0.384. The maximum absolute atomic E-state index is 10.5. The monoisotopic (exact) mass is 282 g/mol. The average Bonchev–Trinajstić information content (AvgIpc) is 2.38. The molecule has 0 aliphatic carbocycles. The molecular weight excluding hydrogens is 272 g/mol. The van der Waals surface area contributed by atoms with Crippen molar-refractivity contribution in [2.75, 3.05) is 0 Å². The summed E-state index contributed by atoms with van der Waals surface area (Å²) in [6.07, 6.45) is 1.76. The number of hydrogen-bond donors (Lipinski definition) is 0. The topological polar surface area (TPSA) is 56.0 Å².